The molecule has 3 heterocycles. The monoisotopic (exact) mass is 631 g/mol. The van der Waals surface area contributed by atoms with Gasteiger partial charge in [-0.1, -0.05) is 49.9 Å². The highest BCUT2D eigenvalue weighted by Gasteiger charge is 2.44. The van der Waals surface area contributed by atoms with Crippen molar-refractivity contribution in [2.24, 2.45) is 11.3 Å². The van der Waals surface area contributed by atoms with E-state index in [4.69, 9.17) is 16.0 Å². The molecule has 45 heavy (non-hydrogen) atoms. The van der Waals surface area contributed by atoms with Gasteiger partial charge in [-0.25, -0.2) is 4.98 Å². The summed E-state index contributed by atoms with van der Waals surface area (Å²) in [4.78, 5) is 46.7. The highest BCUT2D eigenvalue weighted by atomic mass is 35.5. The standard InChI is InChI=1S/C34H38ClN5O5/c1-22(23-7-9-25(35)10-8-23)31(38-32(43)30-18-28(42)27-17-26(41)11-12-29(27)45-30)33(44)39-15-13-34(14-16-39,19-40-21-36-20-37-40)24-5-3-2-4-6-24/h7-12,17-18,20-22,24,31,41H,2-6,13-16,19H2,1H3,(H,38,43)/t22-,31-/m1/s1. The molecule has 1 aliphatic carbocycles. The summed E-state index contributed by atoms with van der Waals surface area (Å²) in [5, 5.41) is 17.8. The first-order chi connectivity index (χ1) is 21.7. The molecule has 0 radical (unpaired) electrons. The fourth-order valence-corrected chi connectivity index (χ4v) is 7.37. The molecule has 2 aromatic heterocycles. The number of phenols is 1. The second kappa shape index (κ2) is 13.0. The number of rotatable bonds is 8. The predicted octanol–water partition coefficient (Wildman–Crippen LogP) is 5.53. The van der Waals surface area contributed by atoms with Gasteiger partial charge in [0.2, 0.25) is 5.91 Å². The lowest BCUT2D eigenvalue weighted by atomic mass is 9.63. The van der Waals surface area contributed by atoms with Crippen LogP contribution in [0, 0.1) is 11.3 Å². The van der Waals surface area contributed by atoms with Crippen LogP contribution in [0.1, 0.15) is 73.9 Å². The summed E-state index contributed by atoms with van der Waals surface area (Å²) in [6.45, 7) is 3.81. The molecule has 4 aromatic rings. The fourth-order valence-electron chi connectivity index (χ4n) is 7.24. The van der Waals surface area contributed by atoms with E-state index in [-0.39, 0.29) is 33.8 Å². The molecule has 0 unspecified atom stereocenters. The minimum atomic E-state index is -0.919. The molecular weight excluding hydrogens is 594 g/mol. The van der Waals surface area contributed by atoms with E-state index in [1.165, 1.54) is 50.3 Å². The van der Waals surface area contributed by atoms with Crippen molar-refractivity contribution in [2.45, 2.75) is 70.4 Å². The van der Waals surface area contributed by atoms with Crippen molar-refractivity contribution in [2.75, 3.05) is 13.1 Å². The summed E-state index contributed by atoms with van der Waals surface area (Å²) >= 11 is 6.15. The lowest BCUT2D eigenvalue weighted by Crippen LogP contribution is -2.55. The number of halogens is 1. The Hall–Kier alpha value is -4.18. The van der Waals surface area contributed by atoms with E-state index in [0.29, 0.717) is 24.0 Å². The molecule has 236 valence electrons. The maximum absolute atomic E-state index is 14.3. The van der Waals surface area contributed by atoms with Gasteiger partial charge >= 0.3 is 0 Å². The van der Waals surface area contributed by atoms with Crippen molar-refractivity contribution in [1.29, 1.82) is 0 Å². The third-order valence-electron chi connectivity index (χ3n) is 9.87. The van der Waals surface area contributed by atoms with Crippen LogP contribution in [-0.4, -0.2) is 55.7 Å². The summed E-state index contributed by atoms with van der Waals surface area (Å²) in [5.74, 6) is -0.971. The zero-order valence-electron chi connectivity index (χ0n) is 25.3. The number of fused-ring (bicyclic) bond motifs is 1. The van der Waals surface area contributed by atoms with Crippen molar-refractivity contribution in [3.63, 3.8) is 0 Å². The van der Waals surface area contributed by atoms with E-state index in [2.05, 4.69) is 15.4 Å². The van der Waals surface area contributed by atoms with Gasteiger partial charge in [-0.15, -0.1) is 0 Å². The van der Waals surface area contributed by atoms with Gasteiger partial charge in [0.05, 0.1) is 5.39 Å². The van der Waals surface area contributed by atoms with Gasteiger partial charge in [0, 0.05) is 36.6 Å². The van der Waals surface area contributed by atoms with Crippen LogP contribution in [-0.2, 0) is 11.3 Å². The van der Waals surface area contributed by atoms with Crippen LogP contribution < -0.4 is 10.7 Å². The van der Waals surface area contributed by atoms with Gasteiger partial charge in [-0.05, 0) is 72.9 Å². The number of carbonyl (C=O) groups excluding carboxylic acids is 2. The third-order valence-corrected chi connectivity index (χ3v) is 10.1. The molecular formula is C34H38ClN5O5. The first-order valence-corrected chi connectivity index (χ1v) is 16.0. The van der Waals surface area contributed by atoms with Crippen LogP contribution in [0.5, 0.6) is 5.75 Å². The highest BCUT2D eigenvalue weighted by molar-refractivity contribution is 6.30. The lowest BCUT2D eigenvalue weighted by molar-refractivity contribution is -0.137. The van der Waals surface area contributed by atoms with Crippen LogP contribution in [0.4, 0.5) is 0 Å². The lowest BCUT2D eigenvalue weighted by Gasteiger charge is -2.48. The Kier molecular flexibility index (Phi) is 8.94. The van der Waals surface area contributed by atoms with Gasteiger partial charge in [0.25, 0.3) is 5.91 Å². The van der Waals surface area contributed by atoms with Gasteiger partial charge < -0.3 is 19.7 Å². The van der Waals surface area contributed by atoms with Crippen molar-refractivity contribution in [3.8, 4) is 5.75 Å². The number of hydrogen-bond donors (Lipinski definition) is 2. The molecule has 1 saturated heterocycles. The number of piperidine rings is 1. The number of aromatic nitrogens is 3. The van der Waals surface area contributed by atoms with E-state index < -0.39 is 23.3 Å². The average Bonchev–Trinajstić information content (AvgIpc) is 3.57. The quantitative estimate of drug-likeness (QED) is 0.261. The van der Waals surface area contributed by atoms with Crippen molar-refractivity contribution in [1.82, 2.24) is 25.0 Å². The molecule has 6 rings (SSSR count). The summed E-state index contributed by atoms with van der Waals surface area (Å²) in [6.07, 6.45) is 11.1. The predicted molar refractivity (Wildman–Crippen MR) is 170 cm³/mol. The molecule has 1 saturated carbocycles. The number of aromatic hydroxyl groups is 1. The summed E-state index contributed by atoms with van der Waals surface area (Å²) in [7, 11) is 0. The number of nitrogens with zero attached hydrogens (tertiary/aromatic N) is 4. The normalized spacial score (nSPS) is 18.4. The third kappa shape index (κ3) is 6.61. The molecule has 10 nitrogen and oxygen atoms in total. The van der Waals surface area contributed by atoms with Crippen LogP contribution in [0.15, 0.2) is 70.4 Å². The summed E-state index contributed by atoms with van der Waals surface area (Å²) in [6, 6.07) is 11.5. The molecule has 2 aliphatic rings. The maximum atomic E-state index is 14.3. The first kappa shape index (κ1) is 30.8. The van der Waals surface area contributed by atoms with E-state index >= 15 is 0 Å². The van der Waals surface area contributed by atoms with E-state index in [0.717, 1.165) is 31.0 Å². The summed E-state index contributed by atoms with van der Waals surface area (Å²) in [5.41, 5.74) is 0.567. The largest absolute Gasteiger partial charge is 0.508 e. The maximum Gasteiger partial charge on any atom is 0.287 e. The molecule has 2 amide bonds. The zero-order chi connectivity index (χ0) is 31.6. The van der Waals surface area contributed by atoms with E-state index in [1.807, 2.05) is 28.6 Å². The molecule has 2 atom stereocenters. The molecule has 2 fully saturated rings. The number of phenolic OH excluding ortho intramolecular Hbond substituents is 1. The summed E-state index contributed by atoms with van der Waals surface area (Å²) < 4.78 is 7.68. The Morgan fingerprint density at radius 2 is 1.82 bits per heavy atom. The zero-order valence-corrected chi connectivity index (χ0v) is 26.1. The van der Waals surface area contributed by atoms with E-state index in [1.54, 1.807) is 24.8 Å². The van der Waals surface area contributed by atoms with Crippen molar-refractivity contribution < 1.29 is 19.1 Å². The number of benzene rings is 2. The Bertz CT molecular complexity index is 1710. The van der Waals surface area contributed by atoms with Gasteiger partial charge in [0.15, 0.2) is 11.2 Å². The second-order valence-corrected chi connectivity index (χ2v) is 13.0. The molecule has 11 heteroatoms. The molecule has 2 N–H and O–H groups in total. The van der Waals surface area contributed by atoms with Gasteiger partial charge in [0.1, 0.15) is 30.0 Å². The van der Waals surface area contributed by atoms with Crippen LogP contribution >= 0.6 is 11.6 Å². The number of hydrogen-bond acceptors (Lipinski definition) is 7. The SMILES string of the molecule is C[C@H](c1ccc(Cl)cc1)[C@@H](NC(=O)c1cc(=O)c2cc(O)ccc2o1)C(=O)N1CCC(Cn2cncn2)(C2CCCCC2)CC1. The van der Waals surface area contributed by atoms with Crippen molar-refractivity contribution >= 4 is 34.4 Å². The average molecular weight is 632 g/mol. The Balaban J connectivity index is 1.25. The fraction of sp³-hybridized carbons (Fsp3) is 0.441. The topological polar surface area (TPSA) is 131 Å². The van der Waals surface area contributed by atoms with Crippen LogP contribution in [0.2, 0.25) is 5.02 Å². The van der Waals surface area contributed by atoms with Gasteiger partial charge in [-0.2, -0.15) is 5.10 Å². The number of carbonyl (C=O) groups is 2. The Morgan fingerprint density at radius 1 is 1.09 bits per heavy atom. The van der Waals surface area contributed by atoms with Crippen LogP contribution in [0.25, 0.3) is 11.0 Å². The molecule has 2 aromatic carbocycles. The smallest absolute Gasteiger partial charge is 0.287 e. The molecule has 0 bridgehead atoms. The Labute approximate surface area is 266 Å². The minimum absolute atomic E-state index is 0.0222. The second-order valence-electron chi connectivity index (χ2n) is 12.6. The minimum Gasteiger partial charge on any atom is -0.508 e. The number of likely N-dealkylation sites (tertiary alicyclic amines) is 1. The first-order valence-electron chi connectivity index (χ1n) is 15.7. The van der Waals surface area contributed by atoms with E-state index in [9.17, 15) is 19.5 Å². The van der Waals surface area contributed by atoms with Crippen LogP contribution in [0.3, 0.4) is 0 Å². The van der Waals surface area contributed by atoms with Crippen molar-refractivity contribution in [3.05, 3.63) is 87.8 Å². The molecule has 0 spiro atoms. The number of nitrogens with one attached hydrogen (secondary N) is 1. The molecule has 1 aliphatic heterocycles. The number of amides is 2. The highest BCUT2D eigenvalue weighted by Crippen LogP contribution is 2.47. The Morgan fingerprint density at radius 3 is 2.51 bits per heavy atom. The van der Waals surface area contributed by atoms with Gasteiger partial charge in [-0.3, -0.25) is 19.1 Å².